The lowest BCUT2D eigenvalue weighted by Crippen LogP contribution is -2.12. The number of alkyl halides is 3. The highest BCUT2D eigenvalue weighted by atomic mass is 32.1. The number of anilines is 1. The van der Waals surface area contributed by atoms with Gasteiger partial charge in [0.05, 0.1) is 10.4 Å². The Labute approximate surface area is 139 Å². The maximum atomic E-state index is 13.2. The van der Waals surface area contributed by atoms with E-state index in [1.165, 1.54) is 18.5 Å². The molecule has 0 radical (unpaired) electrons. The number of rotatable bonds is 3. The number of pyridine rings is 1. The van der Waals surface area contributed by atoms with Gasteiger partial charge < -0.3 is 0 Å². The highest BCUT2D eigenvalue weighted by Gasteiger charge is 2.38. The van der Waals surface area contributed by atoms with Gasteiger partial charge in [-0.25, -0.2) is 4.98 Å². The van der Waals surface area contributed by atoms with Crippen LogP contribution in [0.2, 0.25) is 0 Å². The molecule has 0 bridgehead atoms. The monoisotopic (exact) mass is 349 g/mol. The summed E-state index contributed by atoms with van der Waals surface area (Å²) in [6.45, 7) is 0. The molecule has 122 valence electrons. The van der Waals surface area contributed by atoms with Crippen LogP contribution in [0.4, 0.5) is 18.3 Å². The van der Waals surface area contributed by atoms with E-state index in [4.69, 9.17) is 0 Å². The molecule has 8 heteroatoms. The number of benzene rings is 1. The third-order valence-electron chi connectivity index (χ3n) is 3.08. The van der Waals surface area contributed by atoms with Gasteiger partial charge in [0.15, 0.2) is 10.8 Å². The number of hydrogen-bond acceptors (Lipinski definition) is 4. The Morgan fingerprint density at radius 2 is 1.83 bits per heavy atom. The molecule has 1 amide bonds. The van der Waals surface area contributed by atoms with Crippen LogP contribution in [0.15, 0.2) is 54.9 Å². The Bertz CT molecular complexity index is 848. The van der Waals surface area contributed by atoms with E-state index >= 15 is 0 Å². The van der Waals surface area contributed by atoms with E-state index in [1.807, 2.05) is 0 Å². The van der Waals surface area contributed by atoms with E-state index in [1.54, 1.807) is 36.4 Å². The molecule has 4 nitrogen and oxygen atoms in total. The zero-order valence-electron chi connectivity index (χ0n) is 12.0. The van der Waals surface area contributed by atoms with Crippen molar-refractivity contribution < 1.29 is 18.0 Å². The summed E-state index contributed by atoms with van der Waals surface area (Å²) in [5.74, 6) is -0.565. The SMILES string of the molecule is O=C(Nc1nc(C(F)(F)F)c(-c2ccccc2)s1)c1cccnc1. The van der Waals surface area contributed by atoms with Crippen LogP contribution in [0.1, 0.15) is 16.1 Å². The van der Waals surface area contributed by atoms with Gasteiger partial charge in [0.1, 0.15) is 0 Å². The van der Waals surface area contributed by atoms with Crippen LogP contribution in [-0.2, 0) is 6.18 Å². The van der Waals surface area contributed by atoms with Crippen LogP contribution in [-0.4, -0.2) is 15.9 Å². The van der Waals surface area contributed by atoms with Crippen LogP contribution >= 0.6 is 11.3 Å². The molecule has 2 aromatic heterocycles. The Balaban J connectivity index is 1.96. The zero-order chi connectivity index (χ0) is 17.2. The Morgan fingerprint density at radius 1 is 1.08 bits per heavy atom. The largest absolute Gasteiger partial charge is 0.434 e. The molecule has 0 aliphatic heterocycles. The maximum Gasteiger partial charge on any atom is 0.434 e. The molecule has 1 aromatic carbocycles. The van der Waals surface area contributed by atoms with Crippen molar-refractivity contribution in [3.05, 3.63) is 66.1 Å². The van der Waals surface area contributed by atoms with E-state index in [0.717, 1.165) is 11.3 Å². The summed E-state index contributed by atoms with van der Waals surface area (Å²) in [5.41, 5.74) is -0.382. The number of amides is 1. The number of nitrogens with one attached hydrogen (secondary N) is 1. The van der Waals surface area contributed by atoms with Crippen LogP contribution in [0, 0.1) is 0 Å². The average molecular weight is 349 g/mol. The van der Waals surface area contributed by atoms with Gasteiger partial charge >= 0.3 is 6.18 Å². The fourth-order valence-corrected chi connectivity index (χ4v) is 3.00. The first-order valence-electron chi connectivity index (χ1n) is 6.80. The molecule has 3 rings (SSSR count). The number of carbonyl (C=O) groups is 1. The predicted molar refractivity (Wildman–Crippen MR) is 84.7 cm³/mol. The number of hydrogen-bond donors (Lipinski definition) is 1. The van der Waals surface area contributed by atoms with Gasteiger partial charge in [0, 0.05) is 12.4 Å². The van der Waals surface area contributed by atoms with Crippen molar-refractivity contribution in [3.8, 4) is 10.4 Å². The fourth-order valence-electron chi connectivity index (χ4n) is 2.02. The Hall–Kier alpha value is -2.74. The first kappa shape index (κ1) is 16.1. The summed E-state index contributed by atoms with van der Waals surface area (Å²) in [4.78, 5) is 19.4. The van der Waals surface area contributed by atoms with Gasteiger partial charge in [-0.15, -0.1) is 0 Å². The van der Waals surface area contributed by atoms with Gasteiger partial charge in [-0.2, -0.15) is 13.2 Å². The molecule has 2 heterocycles. The second kappa shape index (κ2) is 6.40. The van der Waals surface area contributed by atoms with Crippen molar-refractivity contribution in [1.82, 2.24) is 9.97 Å². The molecule has 0 atom stereocenters. The van der Waals surface area contributed by atoms with E-state index in [-0.39, 0.29) is 15.6 Å². The third kappa shape index (κ3) is 3.43. The molecule has 0 saturated carbocycles. The minimum absolute atomic E-state index is 0.0374. The van der Waals surface area contributed by atoms with Crippen LogP contribution in [0.5, 0.6) is 0 Å². The van der Waals surface area contributed by atoms with Crippen molar-refractivity contribution in [2.24, 2.45) is 0 Å². The van der Waals surface area contributed by atoms with Crippen molar-refractivity contribution in [1.29, 1.82) is 0 Å². The highest BCUT2D eigenvalue weighted by Crippen LogP contribution is 2.41. The quantitative estimate of drug-likeness (QED) is 0.759. The minimum Gasteiger partial charge on any atom is -0.298 e. The number of halogens is 3. The zero-order valence-corrected chi connectivity index (χ0v) is 12.9. The van der Waals surface area contributed by atoms with E-state index < -0.39 is 17.8 Å². The molecule has 0 unspecified atom stereocenters. The van der Waals surface area contributed by atoms with E-state index in [2.05, 4.69) is 15.3 Å². The lowest BCUT2D eigenvalue weighted by Gasteiger charge is -2.05. The molecule has 0 aliphatic rings. The van der Waals surface area contributed by atoms with Crippen molar-refractivity contribution in [2.45, 2.75) is 6.18 Å². The van der Waals surface area contributed by atoms with Crippen LogP contribution in [0.25, 0.3) is 10.4 Å². The van der Waals surface area contributed by atoms with Crippen molar-refractivity contribution in [3.63, 3.8) is 0 Å². The first-order chi connectivity index (χ1) is 11.4. The Morgan fingerprint density at radius 3 is 2.46 bits per heavy atom. The Kier molecular flexibility index (Phi) is 4.30. The molecule has 0 fully saturated rings. The highest BCUT2D eigenvalue weighted by molar-refractivity contribution is 7.19. The second-order valence-electron chi connectivity index (χ2n) is 4.76. The van der Waals surface area contributed by atoms with Gasteiger partial charge in [0.2, 0.25) is 0 Å². The molecule has 24 heavy (non-hydrogen) atoms. The average Bonchev–Trinajstić information content (AvgIpc) is 3.01. The summed E-state index contributed by atoms with van der Waals surface area (Å²) in [6, 6.07) is 11.2. The van der Waals surface area contributed by atoms with Gasteiger partial charge in [-0.05, 0) is 17.7 Å². The molecule has 1 N–H and O–H groups in total. The van der Waals surface area contributed by atoms with Crippen LogP contribution in [0.3, 0.4) is 0 Å². The van der Waals surface area contributed by atoms with Gasteiger partial charge in [0.25, 0.3) is 5.91 Å². The second-order valence-corrected chi connectivity index (χ2v) is 5.76. The minimum atomic E-state index is -4.61. The molecule has 0 aliphatic carbocycles. The first-order valence-corrected chi connectivity index (χ1v) is 7.61. The van der Waals surface area contributed by atoms with Gasteiger partial charge in [-0.1, -0.05) is 41.7 Å². The lowest BCUT2D eigenvalue weighted by molar-refractivity contribution is -0.140. The third-order valence-corrected chi connectivity index (χ3v) is 4.10. The topological polar surface area (TPSA) is 54.9 Å². The number of thiazole rings is 1. The molecule has 0 spiro atoms. The summed E-state index contributed by atoms with van der Waals surface area (Å²) < 4.78 is 39.7. The van der Waals surface area contributed by atoms with Crippen molar-refractivity contribution >= 4 is 22.4 Å². The lowest BCUT2D eigenvalue weighted by atomic mass is 10.1. The molecular weight excluding hydrogens is 339 g/mol. The smallest absolute Gasteiger partial charge is 0.298 e. The normalized spacial score (nSPS) is 11.3. The summed E-state index contributed by atoms with van der Waals surface area (Å²) in [5, 5.41) is 2.27. The van der Waals surface area contributed by atoms with E-state index in [9.17, 15) is 18.0 Å². The molecular formula is C16H10F3N3OS. The predicted octanol–water partition coefficient (Wildman–Crippen LogP) is 4.48. The molecule has 3 aromatic rings. The number of carbonyl (C=O) groups excluding carboxylic acids is 1. The molecule has 0 saturated heterocycles. The summed E-state index contributed by atoms with van der Waals surface area (Å²) in [6.07, 6.45) is -1.79. The maximum absolute atomic E-state index is 13.2. The van der Waals surface area contributed by atoms with Crippen molar-refractivity contribution in [2.75, 3.05) is 5.32 Å². The fraction of sp³-hybridized carbons (Fsp3) is 0.0625. The van der Waals surface area contributed by atoms with E-state index in [0.29, 0.717) is 5.56 Å². The summed E-state index contributed by atoms with van der Waals surface area (Å²) in [7, 11) is 0. The van der Waals surface area contributed by atoms with Gasteiger partial charge in [-0.3, -0.25) is 15.1 Å². The standard InChI is InChI=1S/C16H10F3N3OS/c17-16(18,19)13-12(10-5-2-1-3-6-10)24-15(21-13)22-14(23)11-7-4-8-20-9-11/h1-9H,(H,21,22,23). The number of aromatic nitrogens is 2. The number of nitrogens with zero attached hydrogens (tertiary/aromatic N) is 2. The van der Waals surface area contributed by atoms with Crippen LogP contribution < -0.4 is 5.32 Å². The summed E-state index contributed by atoms with van der Waals surface area (Å²) >= 11 is 0.779.